The number of benzene rings is 2. The van der Waals surface area contributed by atoms with Crippen LogP contribution in [0.15, 0.2) is 34.8 Å². The molecule has 0 bridgehead atoms. The number of carbonyl (C=O) groups excluding carboxylic acids is 1. The normalized spacial score (nSPS) is 12.3. The smallest absolute Gasteiger partial charge is 0.336 e. The number of fused-ring (bicyclic) bond motifs is 1. The number of halogens is 1. The number of aromatic nitrogens is 2. The summed E-state index contributed by atoms with van der Waals surface area (Å²) in [4.78, 5) is 28.7. The van der Waals surface area contributed by atoms with Crippen molar-refractivity contribution in [2.45, 2.75) is 65.3 Å². The van der Waals surface area contributed by atoms with E-state index in [1.807, 2.05) is 19.1 Å². The third-order valence-corrected chi connectivity index (χ3v) is 6.83. The minimum absolute atomic E-state index is 0.0571. The topological polar surface area (TPSA) is 84.2 Å². The molecule has 6 nitrogen and oxygen atoms in total. The standard InChI is InChI=1S/C26H32BrN3O3S/c1-5-6-23-29-24-16(4)10-18(13-28-25(31)22(34)9-15(2)3)12-21(24)30(23)14-17-7-8-19(26(32)33)20(27)11-17/h7-8,10-12,15,22,34H,5-6,9,13-14H2,1-4H3,(H,28,31)(H,32,33)/t22-/m1/s1. The Morgan fingerprint density at radius 2 is 1.94 bits per heavy atom. The fourth-order valence-corrected chi connectivity index (χ4v) is 5.19. The molecule has 0 spiro atoms. The number of thiol groups is 1. The van der Waals surface area contributed by atoms with Crippen LogP contribution in [0.5, 0.6) is 0 Å². The molecule has 3 rings (SSSR count). The number of nitrogens with one attached hydrogen (secondary N) is 1. The highest BCUT2D eigenvalue weighted by Crippen LogP contribution is 2.26. The average molecular weight is 547 g/mol. The fraction of sp³-hybridized carbons (Fsp3) is 0.423. The van der Waals surface area contributed by atoms with Crippen molar-refractivity contribution in [3.63, 3.8) is 0 Å². The molecule has 2 N–H and O–H groups in total. The van der Waals surface area contributed by atoms with Crippen molar-refractivity contribution in [2.24, 2.45) is 5.92 Å². The molecular formula is C26H32BrN3O3S. The zero-order valence-electron chi connectivity index (χ0n) is 20.1. The Balaban J connectivity index is 1.93. The van der Waals surface area contributed by atoms with Gasteiger partial charge in [-0.05, 0) is 76.5 Å². The number of amides is 1. The molecule has 0 aliphatic carbocycles. The Bertz CT molecular complexity index is 1210. The zero-order chi connectivity index (χ0) is 25.0. The maximum Gasteiger partial charge on any atom is 0.336 e. The lowest BCUT2D eigenvalue weighted by Gasteiger charge is -2.14. The summed E-state index contributed by atoms with van der Waals surface area (Å²) >= 11 is 7.83. The monoisotopic (exact) mass is 545 g/mol. The fourth-order valence-electron chi connectivity index (χ4n) is 4.08. The van der Waals surface area contributed by atoms with Gasteiger partial charge in [0.2, 0.25) is 5.91 Å². The molecule has 0 radical (unpaired) electrons. The van der Waals surface area contributed by atoms with Crippen LogP contribution in [0, 0.1) is 12.8 Å². The van der Waals surface area contributed by atoms with Gasteiger partial charge in [0.15, 0.2) is 0 Å². The van der Waals surface area contributed by atoms with Gasteiger partial charge in [0.1, 0.15) is 5.82 Å². The predicted octanol–water partition coefficient (Wildman–Crippen LogP) is 5.77. The molecule has 3 aromatic rings. The van der Waals surface area contributed by atoms with E-state index < -0.39 is 5.97 Å². The summed E-state index contributed by atoms with van der Waals surface area (Å²) in [6.07, 6.45) is 2.54. The highest BCUT2D eigenvalue weighted by atomic mass is 79.9. The maximum absolute atomic E-state index is 12.5. The molecule has 0 unspecified atom stereocenters. The van der Waals surface area contributed by atoms with E-state index in [2.05, 4.69) is 71.3 Å². The van der Waals surface area contributed by atoms with Crippen molar-refractivity contribution < 1.29 is 14.7 Å². The van der Waals surface area contributed by atoms with Crippen molar-refractivity contribution in [1.82, 2.24) is 14.9 Å². The highest BCUT2D eigenvalue weighted by molar-refractivity contribution is 9.10. The largest absolute Gasteiger partial charge is 0.478 e. The molecule has 1 aromatic heterocycles. The Morgan fingerprint density at radius 3 is 2.56 bits per heavy atom. The van der Waals surface area contributed by atoms with Crippen molar-refractivity contribution in [3.05, 3.63) is 62.9 Å². The summed E-state index contributed by atoms with van der Waals surface area (Å²) < 4.78 is 2.75. The number of hydrogen-bond acceptors (Lipinski definition) is 4. The summed E-state index contributed by atoms with van der Waals surface area (Å²) in [6.45, 7) is 9.33. The number of carbonyl (C=O) groups is 2. The van der Waals surface area contributed by atoms with Crippen LogP contribution in [0.1, 0.15) is 66.5 Å². The first-order valence-electron chi connectivity index (χ1n) is 11.6. The van der Waals surface area contributed by atoms with Crippen LogP contribution in [0.25, 0.3) is 11.0 Å². The van der Waals surface area contributed by atoms with Crippen LogP contribution in [0.4, 0.5) is 0 Å². The number of nitrogens with zero attached hydrogens (tertiary/aromatic N) is 2. The molecule has 0 saturated heterocycles. The molecule has 1 atom stereocenters. The molecular weight excluding hydrogens is 514 g/mol. The molecule has 0 aliphatic rings. The van der Waals surface area contributed by atoms with Gasteiger partial charge < -0.3 is 15.0 Å². The van der Waals surface area contributed by atoms with Gasteiger partial charge in [0.25, 0.3) is 0 Å². The highest BCUT2D eigenvalue weighted by Gasteiger charge is 2.17. The van der Waals surface area contributed by atoms with E-state index in [0.717, 1.165) is 52.8 Å². The van der Waals surface area contributed by atoms with Crippen LogP contribution in [0.3, 0.4) is 0 Å². The summed E-state index contributed by atoms with van der Waals surface area (Å²) in [5.41, 5.74) is 5.25. The van der Waals surface area contributed by atoms with Gasteiger partial charge in [-0.1, -0.05) is 32.9 Å². The number of carboxylic acid groups (broad SMARTS) is 1. The number of rotatable bonds is 10. The minimum atomic E-state index is -0.961. The second kappa shape index (κ2) is 11.4. The van der Waals surface area contributed by atoms with Gasteiger partial charge in [0, 0.05) is 24.0 Å². The van der Waals surface area contributed by atoms with Gasteiger partial charge in [-0.2, -0.15) is 12.6 Å². The molecule has 34 heavy (non-hydrogen) atoms. The van der Waals surface area contributed by atoms with E-state index in [9.17, 15) is 14.7 Å². The SMILES string of the molecule is CCCc1nc2c(C)cc(CNC(=O)[C@H](S)CC(C)C)cc2n1Cc1ccc(C(=O)O)c(Br)c1. The van der Waals surface area contributed by atoms with Crippen molar-refractivity contribution in [1.29, 1.82) is 0 Å². The predicted molar refractivity (Wildman–Crippen MR) is 143 cm³/mol. The quantitative estimate of drug-likeness (QED) is 0.282. The summed E-state index contributed by atoms with van der Waals surface area (Å²) in [5.74, 6) is 0.381. The van der Waals surface area contributed by atoms with E-state index in [1.165, 1.54) is 0 Å². The van der Waals surface area contributed by atoms with Crippen LogP contribution in [-0.2, 0) is 24.3 Å². The lowest BCUT2D eigenvalue weighted by molar-refractivity contribution is -0.120. The number of hydrogen-bond donors (Lipinski definition) is 3. The molecule has 8 heteroatoms. The third-order valence-electron chi connectivity index (χ3n) is 5.73. The molecule has 1 heterocycles. The van der Waals surface area contributed by atoms with Crippen LogP contribution < -0.4 is 5.32 Å². The molecule has 0 fully saturated rings. The van der Waals surface area contributed by atoms with Gasteiger partial charge in [-0.25, -0.2) is 9.78 Å². The molecule has 2 aromatic carbocycles. The van der Waals surface area contributed by atoms with Crippen molar-refractivity contribution in [3.8, 4) is 0 Å². The van der Waals surface area contributed by atoms with Gasteiger partial charge >= 0.3 is 5.97 Å². The summed E-state index contributed by atoms with van der Waals surface area (Å²) in [5, 5.41) is 12.0. The number of aromatic carboxylic acids is 1. The van der Waals surface area contributed by atoms with E-state index in [4.69, 9.17) is 4.98 Å². The lowest BCUT2D eigenvalue weighted by atomic mass is 10.1. The third kappa shape index (κ3) is 6.21. The average Bonchev–Trinajstić information content (AvgIpc) is 3.09. The van der Waals surface area contributed by atoms with E-state index in [-0.39, 0.29) is 16.7 Å². The van der Waals surface area contributed by atoms with Gasteiger partial charge in [-0.15, -0.1) is 0 Å². The Kier molecular flexibility index (Phi) is 8.82. The zero-order valence-corrected chi connectivity index (χ0v) is 22.5. The second-order valence-electron chi connectivity index (χ2n) is 9.13. The molecule has 0 saturated carbocycles. The first-order valence-corrected chi connectivity index (χ1v) is 12.9. The maximum atomic E-state index is 12.5. The van der Waals surface area contributed by atoms with Gasteiger partial charge in [0.05, 0.1) is 21.8 Å². The molecule has 182 valence electrons. The minimum Gasteiger partial charge on any atom is -0.478 e. The van der Waals surface area contributed by atoms with E-state index >= 15 is 0 Å². The van der Waals surface area contributed by atoms with E-state index in [1.54, 1.807) is 6.07 Å². The first kappa shape index (κ1) is 26.3. The van der Waals surface area contributed by atoms with Crippen molar-refractivity contribution in [2.75, 3.05) is 0 Å². The number of carboxylic acids is 1. The van der Waals surface area contributed by atoms with Crippen molar-refractivity contribution >= 4 is 51.5 Å². The van der Waals surface area contributed by atoms with E-state index in [0.29, 0.717) is 23.5 Å². The Morgan fingerprint density at radius 1 is 1.21 bits per heavy atom. The van der Waals surface area contributed by atoms with Crippen LogP contribution in [0.2, 0.25) is 0 Å². The second-order valence-corrected chi connectivity index (χ2v) is 10.6. The molecule has 0 aliphatic heterocycles. The van der Waals surface area contributed by atoms with Crippen LogP contribution in [-0.4, -0.2) is 31.8 Å². The van der Waals surface area contributed by atoms with Crippen LogP contribution >= 0.6 is 28.6 Å². The lowest BCUT2D eigenvalue weighted by Crippen LogP contribution is -2.31. The number of aryl methyl sites for hydroxylation is 2. The number of imidazole rings is 1. The first-order chi connectivity index (χ1) is 16.1. The van der Waals surface area contributed by atoms with Gasteiger partial charge in [-0.3, -0.25) is 4.79 Å². The summed E-state index contributed by atoms with van der Waals surface area (Å²) in [7, 11) is 0. The molecule has 1 amide bonds. The Labute approximate surface area is 214 Å². The summed E-state index contributed by atoms with van der Waals surface area (Å²) in [6, 6.07) is 9.48. The Hall–Kier alpha value is -2.32.